The van der Waals surface area contributed by atoms with Gasteiger partial charge in [-0.05, 0) is 36.8 Å². The van der Waals surface area contributed by atoms with Crippen LogP contribution in [0.1, 0.15) is 11.1 Å². The molecule has 9 nitrogen and oxygen atoms in total. The standard InChI is InChI=1S/C18H18N4O5S/c1-11-2-5-14(6-3-11)28(26,27)22-16-7-4-12(8-13(16)10-20-22)9-15(17(19)23)21-18(24)25/h2-8,10,15,21H,9H2,1H3,(H2,19,23)(H,24,25)/t15-/m0/s1. The second kappa shape index (κ2) is 7.31. The summed E-state index contributed by atoms with van der Waals surface area (Å²) in [5.41, 5.74) is 7.13. The van der Waals surface area contributed by atoms with Gasteiger partial charge < -0.3 is 16.2 Å². The molecule has 1 heterocycles. The number of nitrogens with zero attached hydrogens (tertiary/aromatic N) is 2. The van der Waals surface area contributed by atoms with Crippen LogP contribution < -0.4 is 11.1 Å². The van der Waals surface area contributed by atoms with E-state index in [0.717, 1.165) is 9.65 Å². The van der Waals surface area contributed by atoms with Crippen LogP contribution >= 0.6 is 0 Å². The first-order valence-corrected chi connectivity index (χ1v) is 9.70. The minimum absolute atomic E-state index is 0.0352. The minimum atomic E-state index is -3.86. The van der Waals surface area contributed by atoms with Crippen molar-refractivity contribution in [2.75, 3.05) is 0 Å². The summed E-state index contributed by atoms with van der Waals surface area (Å²) in [7, 11) is -3.86. The van der Waals surface area contributed by atoms with E-state index in [9.17, 15) is 18.0 Å². The van der Waals surface area contributed by atoms with Crippen LogP contribution in [-0.4, -0.2) is 40.8 Å². The van der Waals surface area contributed by atoms with Gasteiger partial charge >= 0.3 is 6.09 Å². The van der Waals surface area contributed by atoms with Gasteiger partial charge in [-0.3, -0.25) is 4.79 Å². The summed E-state index contributed by atoms with van der Waals surface area (Å²) in [4.78, 5) is 22.3. The number of primary amides is 1. The molecule has 3 rings (SSSR count). The van der Waals surface area contributed by atoms with E-state index < -0.39 is 28.1 Å². The maximum absolute atomic E-state index is 12.9. The van der Waals surface area contributed by atoms with Crippen molar-refractivity contribution in [2.45, 2.75) is 24.3 Å². The Morgan fingerprint density at radius 2 is 1.89 bits per heavy atom. The first kappa shape index (κ1) is 19.4. The zero-order chi connectivity index (χ0) is 20.5. The highest BCUT2D eigenvalue weighted by molar-refractivity contribution is 7.90. The SMILES string of the molecule is Cc1ccc(S(=O)(=O)n2ncc3cc(C[C@H](NC(=O)O)C(N)=O)ccc32)cc1. The molecule has 0 fully saturated rings. The molecule has 28 heavy (non-hydrogen) atoms. The summed E-state index contributed by atoms with van der Waals surface area (Å²) in [5, 5.41) is 15.4. The number of hydrogen-bond donors (Lipinski definition) is 3. The van der Waals surface area contributed by atoms with Crippen molar-refractivity contribution in [3.8, 4) is 0 Å². The van der Waals surface area contributed by atoms with Crippen molar-refractivity contribution in [3.63, 3.8) is 0 Å². The number of carbonyl (C=O) groups excluding carboxylic acids is 1. The third kappa shape index (κ3) is 3.81. The van der Waals surface area contributed by atoms with Crippen LogP contribution in [0.25, 0.3) is 10.9 Å². The predicted molar refractivity (Wildman–Crippen MR) is 101 cm³/mol. The molecule has 0 aliphatic carbocycles. The van der Waals surface area contributed by atoms with Gasteiger partial charge in [0.1, 0.15) is 6.04 Å². The van der Waals surface area contributed by atoms with Gasteiger partial charge in [-0.1, -0.05) is 23.8 Å². The van der Waals surface area contributed by atoms with E-state index in [1.807, 2.05) is 6.92 Å². The summed E-state index contributed by atoms with van der Waals surface area (Å²) in [6.45, 7) is 1.86. The summed E-state index contributed by atoms with van der Waals surface area (Å²) in [6, 6.07) is 10.1. The molecule has 4 N–H and O–H groups in total. The molecule has 0 unspecified atom stereocenters. The Hall–Kier alpha value is -3.40. The van der Waals surface area contributed by atoms with Crippen LogP contribution in [-0.2, 0) is 21.2 Å². The second-order valence-electron chi connectivity index (χ2n) is 6.31. The minimum Gasteiger partial charge on any atom is -0.465 e. The fourth-order valence-corrected chi connectivity index (χ4v) is 4.07. The maximum Gasteiger partial charge on any atom is 0.405 e. The fourth-order valence-electron chi connectivity index (χ4n) is 2.79. The lowest BCUT2D eigenvalue weighted by Gasteiger charge is -2.13. The molecule has 2 aromatic carbocycles. The quantitative estimate of drug-likeness (QED) is 0.566. The molecule has 0 saturated carbocycles. The Labute approximate surface area is 160 Å². The third-order valence-electron chi connectivity index (χ3n) is 4.23. The lowest BCUT2D eigenvalue weighted by molar-refractivity contribution is -0.119. The number of aryl methyl sites for hydroxylation is 1. The average Bonchev–Trinajstić information content (AvgIpc) is 3.05. The van der Waals surface area contributed by atoms with Crippen LogP contribution in [0.2, 0.25) is 0 Å². The molecule has 0 aliphatic rings. The number of carbonyl (C=O) groups is 2. The molecule has 10 heteroatoms. The zero-order valence-corrected chi connectivity index (χ0v) is 15.7. The predicted octanol–water partition coefficient (Wildman–Crippen LogP) is 1.25. The maximum atomic E-state index is 12.9. The van der Waals surface area contributed by atoms with E-state index in [0.29, 0.717) is 16.5 Å². The molecular formula is C18H18N4O5S. The molecule has 146 valence electrons. The lowest BCUT2D eigenvalue weighted by atomic mass is 10.0. The Morgan fingerprint density at radius 3 is 2.50 bits per heavy atom. The Morgan fingerprint density at radius 1 is 1.21 bits per heavy atom. The summed E-state index contributed by atoms with van der Waals surface area (Å²) >= 11 is 0. The highest BCUT2D eigenvalue weighted by Crippen LogP contribution is 2.22. The number of nitrogens with two attached hydrogens (primary N) is 1. The van der Waals surface area contributed by atoms with Gasteiger partial charge in [0.2, 0.25) is 5.91 Å². The van der Waals surface area contributed by atoms with Gasteiger partial charge in [0.15, 0.2) is 0 Å². The first-order valence-electron chi connectivity index (χ1n) is 8.26. The third-order valence-corrected chi connectivity index (χ3v) is 5.84. The van der Waals surface area contributed by atoms with E-state index in [4.69, 9.17) is 10.8 Å². The molecule has 1 aromatic heterocycles. The number of rotatable bonds is 6. The van der Waals surface area contributed by atoms with Gasteiger partial charge in [-0.15, -0.1) is 0 Å². The molecule has 0 spiro atoms. The van der Waals surface area contributed by atoms with Crippen molar-refractivity contribution in [2.24, 2.45) is 5.73 Å². The van der Waals surface area contributed by atoms with Gasteiger partial charge in [-0.2, -0.15) is 17.6 Å². The van der Waals surface area contributed by atoms with Gasteiger partial charge in [-0.25, -0.2) is 4.79 Å². The van der Waals surface area contributed by atoms with Crippen molar-refractivity contribution in [3.05, 3.63) is 59.8 Å². The normalized spacial score (nSPS) is 12.6. The number of benzene rings is 2. The van der Waals surface area contributed by atoms with Crippen molar-refractivity contribution in [1.29, 1.82) is 0 Å². The Kier molecular flexibility index (Phi) is 5.06. The number of aromatic nitrogens is 2. The molecule has 2 amide bonds. The van der Waals surface area contributed by atoms with Crippen LogP contribution in [0.5, 0.6) is 0 Å². The van der Waals surface area contributed by atoms with E-state index in [1.54, 1.807) is 30.3 Å². The second-order valence-corrected chi connectivity index (χ2v) is 8.07. The van der Waals surface area contributed by atoms with E-state index in [1.165, 1.54) is 18.3 Å². The van der Waals surface area contributed by atoms with E-state index in [2.05, 4.69) is 10.4 Å². The van der Waals surface area contributed by atoms with Crippen molar-refractivity contribution >= 4 is 32.9 Å². The first-order chi connectivity index (χ1) is 13.2. The molecule has 0 saturated heterocycles. The van der Waals surface area contributed by atoms with Crippen molar-refractivity contribution in [1.82, 2.24) is 14.5 Å². The molecular weight excluding hydrogens is 384 g/mol. The van der Waals surface area contributed by atoms with Gasteiger partial charge in [0, 0.05) is 11.8 Å². The van der Waals surface area contributed by atoms with E-state index in [-0.39, 0.29) is 11.3 Å². The fraction of sp³-hybridized carbons (Fsp3) is 0.167. The summed E-state index contributed by atoms with van der Waals surface area (Å²) in [6.07, 6.45) is 0.0731. The highest BCUT2D eigenvalue weighted by Gasteiger charge is 2.22. The Bertz CT molecular complexity index is 1150. The number of hydrogen-bond acceptors (Lipinski definition) is 5. The molecule has 3 aromatic rings. The van der Waals surface area contributed by atoms with Gasteiger partial charge in [0.25, 0.3) is 10.0 Å². The molecule has 0 aliphatic heterocycles. The highest BCUT2D eigenvalue weighted by atomic mass is 32.2. The van der Waals surface area contributed by atoms with Gasteiger partial charge in [0.05, 0.1) is 16.6 Å². The number of amides is 2. The summed E-state index contributed by atoms with van der Waals surface area (Å²) in [5.74, 6) is -0.805. The molecule has 0 bridgehead atoms. The molecule has 0 radical (unpaired) electrons. The van der Waals surface area contributed by atoms with Crippen molar-refractivity contribution < 1.29 is 23.1 Å². The smallest absolute Gasteiger partial charge is 0.405 e. The van der Waals surface area contributed by atoms with Crippen LogP contribution in [0.4, 0.5) is 4.79 Å². The van der Waals surface area contributed by atoms with Crippen LogP contribution in [0.3, 0.4) is 0 Å². The average molecular weight is 402 g/mol. The monoisotopic (exact) mass is 402 g/mol. The lowest BCUT2D eigenvalue weighted by Crippen LogP contribution is -2.45. The Balaban J connectivity index is 1.95. The topological polar surface area (TPSA) is 144 Å². The number of carboxylic acid groups (broad SMARTS) is 1. The molecule has 1 atom stereocenters. The van der Waals surface area contributed by atoms with E-state index >= 15 is 0 Å². The summed E-state index contributed by atoms with van der Waals surface area (Å²) < 4.78 is 26.7. The number of nitrogens with one attached hydrogen (secondary N) is 1. The number of fused-ring (bicyclic) bond motifs is 1. The zero-order valence-electron chi connectivity index (χ0n) is 14.9. The van der Waals surface area contributed by atoms with Crippen LogP contribution in [0.15, 0.2) is 53.6 Å². The largest absolute Gasteiger partial charge is 0.465 e. The van der Waals surface area contributed by atoms with Crippen LogP contribution in [0, 0.1) is 6.92 Å².